The van der Waals surface area contributed by atoms with E-state index in [4.69, 9.17) is 10.8 Å². The van der Waals surface area contributed by atoms with Gasteiger partial charge in [0.1, 0.15) is 0 Å². The first kappa shape index (κ1) is 15.2. The van der Waals surface area contributed by atoms with Crippen molar-refractivity contribution in [3.63, 3.8) is 0 Å². The number of carboxylic acid groups (broad SMARTS) is 1. The Kier molecular flexibility index (Phi) is 5.78. The lowest BCUT2D eigenvalue weighted by molar-refractivity contribution is -0.185. The van der Waals surface area contributed by atoms with Crippen molar-refractivity contribution in [2.45, 2.75) is 45.3 Å². The Bertz CT molecular complexity index is 231. The largest absolute Gasteiger partial charge is 0.481 e. The highest BCUT2D eigenvalue weighted by Gasteiger charge is 2.41. The predicted octanol–water partition coefficient (Wildman–Crippen LogP) is 2.40. The topological polar surface area (TPSA) is 63.3 Å². The first-order valence-electron chi connectivity index (χ1n) is 5.22. The van der Waals surface area contributed by atoms with Gasteiger partial charge < -0.3 is 10.8 Å². The fourth-order valence-corrected chi connectivity index (χ4v) is 1.41. The highest BCUT2D eigenvalue weighted by atomic mass is 19.4. The molecule has 0 fully saturated rings. The highest BCUT2D eigenvalue weighted by Crippen LogP contribution is 2.33. The third-order valence-corrected chi connectivity index (χ3v) is 2.82. The van der Waals surface area contributed by atoms with Gasteiger partial charge in [-0.05, 0) is 12.3 Å². The van der Waals surface area contributed by atoms with Gasteiger partial charge >= 0.3 is 12.1 Å². The zero-order valence-electron chi connectivity index (χ0n) is 9.42. The molecule has 0 aromatic rings. The summed E-state index contributed by atoms with van der Waals surface area (Å²) in [6.07, 6.45) is -5.05. The molecule has 0 saturated heterocycles. The van der Waals surface area contributed by atoms with Crippen molar-refractivity contribution in [3.05, 3.63) is 0 Å². The van der Waals surface area contributed by atoms with Gasteiger partial charge in [-0.15, -0.1) is 0 Å². The van der Waals surface area contributed by atoms with Crippen LogP contribution in [0.5, 0.6) is 0 Å². The zero-order chi connectivity index (χ0) is 12.9. The molecule has 16 heavy (non-hydrogen) atoms. The molecule has 3 atom stereocenters. The van der Waals surface area contributed by atoms with E-state index in [1.807, 2.05) is 6.92 Å². The summed E-state index contributed by atoms with van der Waals surface area (Å²) in [4.78, 5) is 10.3. The van der Waals surface area contributed by atoms with E-state index in [1.165, 1.54) is 0 Å². The van der Waals surface area contributed by atoms with E-state index in [9.17, 15) is 18.0 Å². The van der Waals surface area contributed by atoms with Crippen LogP contribution in [0.3, 0.4) is 0 Å². The molecule has 0 radical (unpaired) electrons. The Hall–Kier alpha value is -0.780. The van der Waals surface area contributed by atoms with Crippen LogP contribution in [0.1, 0.15) is 33.1 Å². The summed E-state index contributed by atoms with van der Waals surface area (Å²) >= 11 is 0. The maximum Gasteiger partial charge on any atom is 0.392 e. The van der Waals surface area contributed by atoms with Crippen molar-refractivity contribution in [1.29, 1.82) is 0 Å². The lowest BCUT2D eigenvalue weighted by Gasteiger charge is -2.25. The molecule has 0 aliphatic rings. The normalized spacial score (nSPS) is 17.9. The maximum absolute atomic E-state index is 12.5. The molecule has 0 spiro atoms. The summed E-state index contributed by atoms with van der Waals surface area (Å²) in [6, 6.07) is -0.615. The second-order valence-corrected chi connectivity index (χ2v) is 4.12. The number of hydrogen-bond donors (Lipinski definition) is 2. The minimum absolute atomic E-state index is 0.0429. The SMILES string of the molecule is CC[C@H](C)[C@H](N)C[C@@H](CC(=O)O)C(F)(F)F. The molecule has 0 amide bonds. The number of carboxylic acids is 1. The standard InChI is InChI=1S/C10H18F3NO2/c1-3-6(2)8(14)4-7(5-9(15)16)10(11,12)13/h6-8H,3-5,14H2,1-2H3,(H,15,16)/t6-,7-,8+/m0/s1. The number of aliphatic carboxylic acids is 1. The molecule has 0 aliphatic heterocycles. The Morgan fingerprint density at radius 2 is 1.94 bits per heavy atom. The molecule has 0 rings (SSSR count). The van der Waals surface area contributed by atoms with Crippen molar-refractivity contribution >= 4 is 5.97 Å². The highest BCUT2D eigenvalue weighted by molar-refractivity contribution is 5.67. The van der Waals surface area contributed by atoms with Crippen LogP contribution >= 0.6 is 0 Å². The summed E-state index contributed by atoms with van der Waals surface area (Å²) in [7, 11) is 0. The fraction of sp³-hybridized carbons (Fsp3) is 0.900. The van der Waals surface area contributed by atoms with Crippen molar-refractivity contribution in [3.8, 4) is 0 Å². The minimum Gasteiger partial charge on any atom is -0.481 e. The van der Waals surface area contributed by atoms with Crippen LogP contribution < -0.4 is 5.73 Å². The van der Waals surface area contributed by atoms with E-state index in [0.29, 0.717) is 6.42 Å². The molecule has 0 bridgehead atoms. The molecule has 0 saturated carbocycles. The summed E-state index contributed by atoms with van der Waals surface area (Å²) in [5, 5.41) is 8.42. The number of rotatable bonds is 6. The molecule has 3 nitrogen and oxygen atoms in total. The van der Waals surface area contributed by atoms with Crippen LogP contribution in [0.4, 0.5) is 13.2 Å². The lowest BCUT2D eigenvalue weighted by Crippen LogP contribution is -2.36. The van der Waals surface area contributed by atoms with Crippen molar-refractivity contribution < 1.29 is 23.1 Å². The Morgan fingerprint density at radius 1 is 1.44 bits per heavy atom. The summed E-state index contributed by atoms with van der Waals surface area (Å²) < 4.78 is 37.5. The van der Waals surface area contributed by atoms with Gasteiger partial charge in [0.25, 0.3) is 0 Å². The van der Waals surface area contributed by atoms with Crippen molar-refractivity contribution in [1.82, 2.24) is 0 Å². The molecular formula is C10H18F3NO2. The molecule has 0 unspecified atom stereocenters. The smallest absolute Gasteiger partial charge is 0.392 e. The molecule has 96 valence electrons. The van der Waals surface area contributed by atoms with E-state index in [2.05, 4.69) is 0 Å². The van der Waals surface area contributed by atoms with Crippen LogP contribution in [0.25, 0.3) is 0 Å². The Labute approximate surface area is 92.8 Å². The van der Waals surface area contributed by atoms with Crippen molar-refractivity contribution in [2.75, 3.05) is 0 Å². The van der Waals surface area contributed by atoms with Gasteiger partial charge in [-0.2, -0.15) is 13.2 Å². The summed E-state index contributed by atoms with van der Waals surface area (Å²) in [6.45, 7) is 3.60. The second kappa shape index (κ2) is 6.08. The predicted molar refractivity (Wildman–Crippen MR) is 53.8 cm³/mol. The van der Waals surface area contributed by atoms with Gasteiger partial charge in [0.2, 0.25) is 0 Å². The monoisotopic (exact) mass is 241 g/mol. The number of hydrogen-bond acceptors (Lipinski definition) is 2. The molecule has 0 aromatic carbocycles. The number of nitrogens with two attached hydrogens (primary N) is 1. The molecule has 0 aliphatic carbocycles. The van der Waals surface area contributed by atoms with Gasteiger partial charge in [-0.25, -0.2) is 0 Å². The van der Waals surface area contributed by atoms with E-state index in [-0.39, 0.29) is 12.3 Å². The van der Waals surface area contributed by atoms with Crippen LogP contribution in [0, 0.1) is 11.8 Å². The first-order valence-corrected chi connectivity index (χ1v) is 5.22. The average molecular weight is 241 g/mol. The number of alkyl halides is 3. The van der Waals surface area contributed by atoms with Gasteiger partial charge in [-0.1, -0.05) is 20.3 Å². The third kappa shape index (κ3) is 5.34. The van der Waals surface area contributed by atoms with Gasteiger partial charge in [0.15, 0.2) is 0 Å². The van der Waals surface area contributed by atoms with Crippen LogP contribution in [0.15, 0.2) is 0 Å². The van der Waals surface area contributed by atoms with E-state index in [0.717, 1.165) is 0 Å². The van der Waals surface area contributed by atoms with Crippen molar-refractivity contribution in [2.24, 2.45) is 17.6 Å². The van der Waals surface area contributed by atoms with Gasteiger partial charge in [0, 0.05) is 6.04 Å². The lowest BCUT2D eigenvalue weighted by atomic mass is 9.88. The number of carbonyl (C=O) groups is 1. The first-order chi connectivity index (χ1) is 7.18. The number of halogens is 3. The quantitative estimate of drug-likeness (QED) is 0.750. The maximum atomic E-state index is 12.5. The Balaban J connectivity index is 4.49. The van der Waals surface area contributed by atoms with Crippen LogP contribution in [0.2, 0.25) is 0 Å². The average Bonchev–Trinajstić information content (AvgIpc) is 2.13. The second-order valence-electron chi connectivity index (χ2n) is 4.12. The van der Waals surface area contributed by atoms with Gasteiger partial charge in [-0.3, -0.25) is 4.79 Å². The molecule has 6 heteroatoms. The van der Waals surface area contributed by atoms with Crippen LogP contribution in [-0.2, 0) is 4.79 Å². The van der Waals surface area contributed by atoms with E-state index in [1.54, 1.807) is 6.92 Å². The third-order valence-electron chi connectivity index (χ3n) is 2.82. The van der Waals surface area contributed by atoms with E-state index >= 15 is 0 Å². The molecule has 3 N–H and O–H groups in total. The summed E-state index contributed by atoms with van der Waals surface area (Å²) in [5.74, 6) is -3.34. The van der Waals surface area contributed by atoms with E-state index < -0.39 is 30.5 Å². The zero-order valence-corrected chi connectivity index (χ0v) is 9.42. The Morgan fingerprint density at radius 3 is 2.25 bits per heavy atom. The fourth-order valence-electron chi connectivity index (χ4n) is 1.41. The molecule has 0 heterocycles. The summed E-state index contributed by atoms with van der Waals surface area (Å²) in [5.41, 5.74) is 5.61. The molecular weight excluding hydrogens is 223 g/mol. The van der Waals surface area contributed by atoms with Gasteiger partial charge in [0.05, 0.1) is 12.3 Å². The minimum atomic E-state index is -4.50. The molecule has 0 aromatic heterocycles. The van der Waals surface area contributed by atoms with Crippen LogP contribution in [-0.4, -0.2) is 23.3 Å².